The molecule has 20 heavy (non-hydrogen) atoms. The Morgan fingerprint density at radius 1 is 1.10 bits per heavy atom. The van der Waals surface area contributed by atoms with Crippen LogP contribution >= 0.6 is 0 Å². The lowest BCUT2D eigenvalue weighted by Gasteiger charge is -2.10. The minimum Gasteiger partial charge on any atom is -0.492 e. The van der Waals surface area contributed by atoms with Crippen molar-refractivity contribution in [2.75, 3.05) is 6.61 Å². The first-order valence-corrected chi connectivity index (χ1v) is 6.74. The van der Waals surface area contributed by atoms with E-state index in [0.717, 1.165) is 12.0 Å². The summed E-state index contributed by atoms with van der Waals surface area (Å²) in [5, 5.41) is 0. The fourth-order valence-corrected chi connectivity index (χ4v) is 1.66. The number of benzene rings is 1. The molecule has 0 bridgehead atoms. The first-order chi connectivity index (χ1) is 9.74. The van der Waals surface area contributed by atoms with Gasteiger partial charge in [0.1, 0.15) is 18.1 Å². The molecule has 4 nitrogen and oxygen atoms in total. The predicted molar refractivity (Wildman–Crippen MR) is 78.8 cm³/mol. The largest absolute Gasteiger partial charge is 0.492 e. The number of ether oxygens (including phenoxy) is 2. The van der Waals surface area contributed by atoms with E-state index in [1.807, 2.05) is 43.3 Å². The van der Waals surface area contributed by atoms with Crippen LogP contribution in [-0.4, -0.2) is 17.6 Å². The maximum atomic E-state index is 5.69. The Hall–Kier alpha value is -2.07. The van der Waals surface area contributed by atoms with Crippen LogP contribution in [0.5, 0.6) is 11.5 Å². The molecule has 0 fully saturated rings. The molecule has 0 amide bonds. The molecule has 2 N–H and O–H groups in total. The van der Waals surface area contributed by atoms with Crippen molar-refractivity contribution in [2.45, 2.75) is 26.0 Å². The maximum absolute atomic E-state index is 5.69. The van der Waals surface area contributed by atoms with Gasteiger partial charge in [-0.25, -0.2) is 0 Å². The molecule has 0 aliphatic heterocycles. The summed E-state index contributed by atoms with van der Waals surface area (Å²) in [6, 6.07) is 12.0. The van der Waals surface area contributed by atoms with E-state index in [1.54, 1.807) is 12.4 Å². The molecule has 2 rings (SSSR count). The van der Waals surface area contributed by atoms with Crippen LogP contribution in [0, 0.1) is 0 Å². The molecular formula is C16H20N2O2. The summed E-state index contributed by atoms with van der Waals surface area (Å²) in [5.74, 6) is 1.41. The summed E-state index contributed by atoms with van der Waals surface area (Å²) in [4.78, 5) is 4.11. The summed E-state index contributed by atoms with van der Waals surface area (Å²) in [7, 11) is 0. The second kappa shape index (κ2) is 7.50. The van der Waals surface area contributed by atoms with E-state index in [2.05, 4.69) is 4.98 Å². The van der Waals surface area contributed by atoms with Gasteiger partial charge >= 0.3 is 0 Å². The van der Waals surface area contributed by atoms with Crippen LogP contribution in [0.25, 0.3) is 0 Å². The summed E-state index contributed by atoms with van der Waals surface area (Å²) in [5.41, 5.74) is 6.80. The Labute approximate surface area is 119 Å². The van der Waals surface area contributed by atoms with Crippen LogP contribution in [0.15, 0.2) is 48.8 Å². The lowest BCUT2D eigenvalue weighted by molar-refractivity contribution is 0.286. The minimum atomic E-state index is 0.139. The van der Waals surface area contributed by atoms with Crippen LogP contribution in [0.1, 0.15) is 18.9 Å². The standard InChI is InChI=1S/C16H20N2O2/c1-13(17)7-8-19-15-9-16(11-18-10-15)20-12-14-5-3-2-4-6-14/h2-6,9-11,13H,7-8,12,17H2,1H3. The van der Waals surface area contributed by atoms with Crippen molar-refractivity contribution in [3.05, 3.63) is 54.4 Å². The van der Waals surface area contributed by atoms with Gasteiger partial charge in [-0.05, 0) is 18.9 Å². The van der Waals surface area contributed by atoms with Crippen molar-refractivity contribution in [2.24, 2.45) is 5.73 Å². The fraction of sp³-hybridized carbons (Fsp3) is 0.312. The number of hydrogen-bond donors (Lipinski definition) is 1. The van der Waals surface area contributed by atoms with Crippen LogP contribution in [0.2, 0.25) is 0 Å². The molecule has 1 heterocycles. The van der Waals surface area contributed by atoms with Crippen molar-refractivity contribution in [3.8, 4) is 11.5 Å². The summed E-state index contributed by atoms with van der Waals surface area (Å²) < 4.78 is 11.3. The molecule has 0 saturated carbocycles. The third-order valence-corrected chi connectivity index (χ3v) is 2.78. The number of nitrogens with two attached hydrogens (primary N) is 1. The van der Waals surface area contributed by atoms with Crippen molar-refractivity contribution in [1.82, 2.24) is 4.98 Å². The Balaban J connectivity index is 1.86. The molecule has 4 heteroatoms. The molecule has 1 atom stereocenters. The van der Waals surface area contributed by atoms with E-state index in [0.29, 0.717) is 24.7 Å². The van der Waals surface area contributed by atoms with Gasteiger partial charge in [0.25, 0.3) is 0 Å². The summed E-state index contributed by atoms with van der Waals surface area (Å²) >= 11 is 0. The lowest BCUT2D eigenvalue weighted by Crippen LogP contribution is -2.18. The smallest absolute Gasteiger partial charge is 0.141 e. The van der Waals surface area contributed by atoms with E-state index in [1.165, 1.54) is 0 Å². The van der Waals surface area contributed by atoms with E-state index in [9.17, 15) is 0 Å². The van der Waals surface area contributed by atoms with Crippen LogP contribution < -0.4 is 15.2 Å². The SMILES string of the molecule is CC(N)CCOc1cncc(OCc2ccccc2)c1. The first-order valence-electron chi connectivity index (χ1n) is 6.74. The van der Waals surface area contributed by atoms with Gasteiger partial charge in [-0.2, -0.15) is 0 Å². The van der Waals surface area contributed by atoms with Gasteiger partial charge < -0.3 is 15.2 Å². The molecule has 0 spiro atoms. The molecule has 0 saturated heterocycles. The molecule has 1 unspecified atom stereocenters. The second-order valence-corrected chi connectivity index (χ2v) is 4.75. The average molecular weight is 272 g/mol. The van der Waals surface area contributed by atoms with Crippen molar-refractivity contribution in [1.29, 1.82) is 0 Å². The van der Waals surface area contributed by atoms with Gasteiger partial charge in [-0.15, -0.1) is 0 Å². The second-order valence-electron chi connectivity index (χ2n) is 4.75. The summed E-state index contributed by atoms with van der Waals surface area (Å²) in [6.45, 7) is 3.06. The van der Waals surface area contributed by atoms with E-state index < -0.39 is 0 Å². The number of rotatable bonds is 7. The molecule has 0 radical (unpaired) electrons. The van der Waals surface area contributed by atoms with Crippen molar-refractivity contribution >= 4 is 0 Å². The summed E-state index contributed by atoms with van der Waals surface area (Å²) in [6.07, 6.45) is 4.17. The van der Waals surface area contributed by atoms with Gasteiger partial charge in [0, 0.05) is 12.1 Å². The molecule has 106 valence electrons. The number of aromatic nitrogens is 1. The number of pyridine rings is 1. The molecular weight excluding hydrogens is 252 g/mol. The molecule has 0 aliphatic carbocycles. The lowest BCUT2D eigenvalue weighted by atomic mass is 10.2. The van der Waals surface area contributed by atoms with Gasteiger partial charge in [-0.3, -0.25) is 4.98 Å². The monoisotopic (exact) mass is 272 g/mol. The van der Waals surface area contributed by atoms with Gasteiger partial charge in [-0.1, -0.05) is 30.3 Å². The quantitative estimate of drug-likeness (QED) is 0.842. The van der Waals surface area contributed by atoms with Gasteiger partial charge in [0.05, 0.1) is 19.0 Å². The Bertz CT molecular complexity index is 515. The highest BCUT2D eigenvalue weighted by molar-refractivity contribution is 5.28. The molecule has 0 aliphatic rings. The minimum absolute atomic E-state index is 0.139. The zero-order chi connectivity index (χ0) is 14.2. The average Bonchev–Trinajstić information content (AvgIpc) is 2.46. The van der Waals surface area contributed by atoms with Crippen LogP contribution in [0.3, 0.4) is 0 Å². The Morgan fingerprint density at radius 3 is 2.50 bits per heavy atom. The normalized spacial score (nSPS) is 11.9. The van der Waals surface area contributed by atoms with Gasteiger partial charge in [0.2, 0.25) is 0 Å². The van der Waals surface area contributed by atoms with Crippen LogP contribution in [0.4, 0.5) is 0 Å². The number of nitrogens with zero attached hydrogens (tertiary/aromatic N) is 1. The maximum Gasteiger partial charge on any atom is 0.141 e. The van der Waals surface area contributed by atoms with E-state index in [-0.39, 0.29) is 6.04 Å². The first kappa shape index (κ1) is 14.3. The third-order valence-electron chi connectivity index (χ3n) is 2.78. The fourth-order valence-electron chi connectivity index (χ4n) is 1.66. The predicted octanol–water partition coefficient (Wildman–Crippen LogP) is 2.78. The highest BCUT2D eigenvalue weighted by atomic mass is 16.5. The number of hydrogen-bond acceptors (Lipinski definition) is 4. The van der Waals surface area contributed by atoms with Crippen molar-refractivity contribution < 1.29 is 9.47 Å². The van der Waals surface area contributed by atoms with Gasteiger partial charge in [0.15, 0.2) is 0 Å². The zero-order valence-electron chi connectivity index (χ0n) is 11.7. The highest BCUT2D eigenvalue weighted by Crippen LogP contribution is 2.18. The van der Waals surface area contributed by atoms with Crippen molar-refractivity contribution in [3.63, 3.8) is 0 Å². The van der Waals surface area contributed by atoms with E-state index >= 15 is 0 Å². The topological polar surface area (TPSA) is 57.4 Å². The van der Waals surface area contributed by atoms with E-state index in [4.69, 9.17) is 15.2 Å². The Morgan fingerprint density at radius 2 is 1.80 bits per heavy atom. The molecule has 1 aromatic carbocycles. The zero-order valence-corrected chi connectivity index (χ0v) is 11.7. The molecule has 1 aromatic heterocycles. The molecule has 2 aromatic rings. The highest BCUT2D eigenvalue weighted by Gasteiger charge is 2.01. The van der Waals surface area contributed by atoms with Crippen LogP contribution in [-0.2, 0) is 6.61 Å². The third kappa shape index (κ3) is 4.90. The Kier molecular flexibility index (Phi) is 5.38.